The Balaban J connectivity index is 1.91. The molecule has 1 amide bonds. The second-order valence-electron chi connectivity index (χ2n) is 4.67. The monoisotopic (exact) mass is 273 g/mol. The SMILES string of the molecule is Cc1nc(-c2cccnc2)sc1C(=O)N1CCCC1. The molecule has 0 aliphatic carbocycles. The van der Waals surface area contributed by atoms with Gasteiger partial charge in [0.05, 0.1) is 5.69 Å². The number of rotatable bonds is 2. The van der Waals surface area contributed by atoms with E-state index in [-0.39, 0.29) is 5.91 Å². The minimum atomic E-state index is 0.127. The Hall–Kier alpha value is -1.75. The van der Waals surface area contributed by atoms with Crippen LogP contribution in [0.3, 0.4) is 0 Å². The van der Waals surface area contributed by atoms with E-state index in [2.05, 4.69) is 9.97 Å². The van der Waals surface area contributed by atoms with Crippen molar-refractivity contribution in [3.8, 4) is 10.6 Å². The van der Waals surface area contributed by atoms with Crippen molar-refractivity contribution < 1.29 is 4.79 Å². The van der Waals surface area contributed by atoms with Gasteiger partial charge in [-0.05, 0) is 31.9 Å². The first kappa shape index (κ1) is 12.3. The van der Waals surface area contributed by atoms with Gasteiger partial charge in [-0.25, -0.2) is 4.98 Å². The van der Waals surface area contributed by atoms with Crippen molar-refractivity contribution >= 4 is 17.2 Å². The highest BCUT2D eigenvalue weighted by Crippen LogP contribution is 2.28. The van der Waals surface area contributed by atoms with E-state index < -0.39 is 0 Å². The lowest BCUT2D eigenvalue weighted by Gasteiger charge is -2.13. The molecule has 0 atom stereocenters. The maximum Gasteiger partial charge on any atom is 0.265 e. The molecular formula is C14H15N3OS. The van der Waals surface area contributed by atoms with E-state index >= 15 is 0 Å². The lowest BCUT2D eigenvalue weighted by Crippen LogP contribution is -2.27. The predicted octanol–water partition coefficient (Wildman–Crippen LogP) is 2.75. The van der Waals surface area contributed by atoms with Crippen LogP contribution in [0.25, 0.3) is 10.6 Å². The summed E-state index contributed by atoms with van der Waals surface area (Å²) in [6, 6.07) is 3.85. The largest absolute Gasteiger partial charge is 0.338 e. The molecule has 3 rings (SSSR count). The summed E-state index contributed by atoms with van der Waals surface area (Å²) in [7, 11) is 0. The van der Waals surface area contributed by atoms with E-state index in [4.69, 9.17) is 0 Å². The summed E-state index contributed by atoms with van der Waals surface area (Å²) in [6.07, 6.45) is 5.74. The summed E-state index contributed by atoms with van der Waals surface area (Å²) in [5.41, 5.74) is 1.79. The van der Waals surface area contributed by atoms with Crippen molar-refractivity contribution in [1.29, 1.82) is 0 Å². The third-order valence-electron chi connectivity index (χ3n) is 3.29. The molecule has 5 heteroatoms. The van der Waals surface area contributed by atoms with E-state index in [1.807, 2.05) is 24.0 Å². The molecule has 0 aromatic carbocycles. The third-order valence-corrected chi connectivity index (χ3v) is 4.49. The number of carbonyl (C=O) groups is 1. The molecule has 0 unspecified atom stereocenters. The van der Waals surface area contributed by atoms with E-state index in [1.165, 1.54) is 11.3 Å². The molecule has 0 bridgehead atoms. The number of aryl methyl sites for hydroxylation is 1. The zero-order valence-corrected chi connectivity index (χ0v) is 11.6. The molecule has 1 aliphatic rings. The summed E-state index contributed by atoms with van der Waals surface area (Å²) in [5.74, 6) is 0.127. The summed E-state index contributed by atoms with van der Waals surface area (Å²) < 4.78 is 0. The van der Waals surface area contributed by atoms with Crippen molar-refractivity contribution in [3.05, 3.63) is 35.1 Å². The average Bonchev–Trinajstić information content (AvgIpc) is 3.08. The fraction of sp³-hybridized carbons (Fsp3) is 0.357. The number of likely N-dealkylation sites (tertiary alicyclic amines) is 1. The van der Waals surface area contributed by atoms with Crippen LogP contribution >= 0.6 is 11.3 Å². The number of hydrogen-bond acceptors (Lipinski definition) is 4. The molecule has 4 nitrogen and oxygen atoms in total. The van der Waals surface area contributed by atoms with Gasteiger partial charge in [0, 0.05) is 31.0 Å². The topological polar surface area (TPSA) is 46.1 Å². The van der Waals surface area contributed by atoms with E-state index in [0.717, 1.165) is 47.1 Å². The summed E-state index contributed by atoms with van der Waals surface area (Å²) in [4.78, 5) is 23.7. The highest BCUT2D eigenvalue weighted by Gasteiger charge is 2.24. The minimum Gasteiger partial charge on any atom is -0.338 e. The van der Waals surface area contributed by atoms with Crippen molar-refractivity contribution in [2.45, 2.75) is 19.8 Å². The van der Waals surface area contributed by atoms with Crippen LogP contribution in [0.4, 0.5) is 0 Å². The van der Waals surface area contributed by atoms with Gasteiger partial charge in [-0.2, -0.15) is 0 Å². The molecule has 98 valence electrons. The average molecular weight is 273 g/mol. The molecule has 0 spiro atoms. The number of thiazole rings is 1. The first-order chi connectivity index (χ1) is 9.25. The second-order valence-corrected chi connectivity index (χ2v) is 5.67. The van der Waals surface area contributed by atoms with Gasteiger partial charge < -0.3 is 4.90 Å². The standard InChI is InChI=1S/C14H15N3OS/c1-10-12(14(18)17-7-2-3-8-17)19-13(16-10)11-5-4-6-15-9-11/h4-6,9H,2-3,7-8H2,1H3. The predicted molar refractivity (Wildman–Crippen MR) is 75.2 cm³/mol. The first-order valence-corrected chi connectivity index (χ1v) is 7.24. The third kappa shape index (κ3) is 2.38. The molecule has 3 heterocycles. The molecule has 1 aliphatic heterocycles. The van der Waals surface area contributed by atoms with Crippen molar-refractivity contribution in [1.82, 2.24) is 14.9 Å². The second kappa shape index (κ2) is 5.09. The Bertz CT molecular complexity index is 588. The van der Waals surface area contributed by atoms with Crippen LogP contribution < -0.4 is 0 Å². The summed E-state index contributed by atoms with van der Waals surface area (Å²) in [6.45, 7) is 3.65. The Morgan fingerprint density at radius 2 is 2.16 bits per heavy atom. The molecule has 0 N–H and O–H groups in total. The van der Waals surface area contributed by atoms with Crippen LogP contribution in [0.15, 0.2) is 24.5 Å². The van der Waals surface area contributed by atoms with Gasteiger partial charge in [0.25, 0.3) is 5.91 Å². The summed E-state index contributed by atoms with van der Waals surface area (Å²) >= 11 is 1.47. The van der Waals surface area contributed by atoms with Crippen LogP contribution in [0.2, 0.25) is 0 Å². The maximum absolute atomic E-state index is 12.4. The highest BCUT2D eigenvalue weighted by molar-refractivity contribution is 7.17. The number of carbonyl (C=O) groups excluding carboxylic acids is 1. The van der Waals surface area contributed by atoms with E-state index in [1.54, 1.807) is 12.4 Å². The molecule has 0 radical (unpaired) electrons. The molecule has 2 aromatic heterocycles. The molecule has 1 fully saturated rings. The van der Waals surface area contributed by atoms with E-state index in [9.17, 15) is 4.79 Å². The van der Waals surface area contributed by atoms with Crippen LogP contribution in [-0.4, -0.2) is 33.9 Å². The van der Waals surface area contributed by atoms with Gasteiger partial charge in [-0.3, -0.25) is 9.78 Å². The van der Waals surface area contributed by atoms with Crippen LogP contribution in [0.1, 0.15) is 28.2 Å². The fourth-order valence-electron chi connectivity index (χ4n) is 2.27. The van der Waals surface area contributed by atoms with Gasteiger partial charge in [0.1, 0.15) is 9.88 Å². The van der Waals surface area contributed by atoms with Gasteiger partial charge >= 0.3 is 0 Å². The number of pyridine rings is 1. The van der Waals surface area contributed by atoms with Crippen molar-refractivity contribution in [2.75, 3.05) is 13.1 Å². The van der Waals surface area contributed by atoms with Crippen molar-refractivity contribution in [2.24, 2.45) is 0 Å². The fourth-order valence-corrected chi connectivity index (χ4v) is 3.30. The Morgan fingerprint density at radius 1 is 1.37 bits per heavy atom. The van der Waals surface area contributed by atoms with Gasteiger partial charge in [-0.15, -0.1) is 11.3 Å². The van der Waals surface area contributed by atoms with E-state index in [0.29, 0.717) is 0 Å². The molecule has 2 aromatic rings. The lowest BCUT2D eigenvalue weighted by molar-refractivity contribution is 0.0796. The highest BCUT2D eigenvalue weighted by atomic mass is 32.1. The maximum atomic E-state index is 12.4. The number of nitrogens with zero attached hydrogens (tertiary/aromatic N) is 3. The number of aromatic nitrogens is 2. The minimum absolute atomic E-state index is 0.127. The number of amides is 1. The first-order valence-electron chi connectivity index (χ1n) is 6.43. The normalized spacial score (nSPS) is 14.9. The molecule has 0 saturated carbocycles. The van der Waals surface area contributed by atoms with Crippen LogP contribution in [0.5, 0.6) is 0 Å². The van der Waals surface area contributed by atoms with Crippen LogP contribution in [-0.2, 0) is 0 Å². The number of hydrogen-bond donors (Lipinski definition) is 0. The molecule has 19 heavy (non-hydrogen) atoms. The molecular weight excluding hydrogens is 258 g/mol. The van der Waals surface area contributed by atoms with Gasteiger partial charge in [-0.1, -0.05) is 0 Å². The zero-order chi connectivity index (χ0) is 13.2. The Labute approximate surface area is 116 Å². The quantitative estimate of drug-likeness (QED) is 0.845. The lowest BCUT2D eigenvalue weighted by atomic mass is 10.3. The Morgan fingerprint density at radius 3 is 2.84 bits per heavy atom. The van der Waals surface area contributed by atoms with Gasteiger partial charge in [0.15, 0.2) is 0 Å². The smallest absolute Gasteiger partial charge is 0.265 e. The zero-order valence-electron chi connectivity index (χ0n) is 10.8. The van der Waals surface area contributed by atoms with Gasteiger partial charge in [0.2, 0.25) is 0 Å². The molecule has 1 saturated heterocycles. The summed E-state index contributed by atoms with van der Waals surface area (Å²) in [5, 5.41) is 0.869. The van der Waals surface area contributed by atoms with Crippen LogP contribution in [0, 0.1) is 6.92 Å². The Kier molecular flexibility index (Phi) is 3.29. The van der Waals surface area contributed by atoms with Crippen molar-refractivity contribution in [3.63, 3.8) is 0 Å².